The number of carbonyl (C=O) groups excluding carboxylic acids is 2. The van der Waals surface area contributed by atoms with Gasteiger partial charge in [0.15, 0.2) is 0 Å². The van der Waals surface area contributed by atoms with Gasteiger partial charge in [0.2, 0.25) is 5.91 Å². The van der Waals surface area contributed by atoms with Crippen LogP contribution in [0.5, 0.6) is 5.75 Å². The van der Waals surface area contributed by atoms with Crippen molar-refractivity contribution in [2.45, 2.75) is 13.0 Å². The van der Waals surface area contributed by atoms with Crippen LogP contribution < -0.4 is 21.5 Å². The van der Waals surface area contributed by atoms with Crippen molar-refractivity contribution >= 4 is 38.9 Å². The minimum Gasteiger partial charge on any atom is -0.497 e. The van der Waals surface area contributed by atoms with E-state index in [1.54, 1.807) is 19.2 Å². The molecule has 0 fully saturated rings. The van der Waals surface area contributed by atoms with E-state index in [0.29, 0.717) is 16.3 Å². The molecule has 0 aliphatic rings. The summed E-state index contributed by atoms with van der Waals surface area (Å²) in [4.78, 5) is 23.4. The summed E-state index contributed by atoms with van der Waals surface area (Å²) >= 11 is 1.25. The summed E-state index contributed by atoms with van der Waals surface area (Å²) in [5.74, 6) is -0.315. The van der Waals surface area contributed by atoms with Gasteiger partial charge >= 0.3 is 0 Å². The fourth-order valence-electron chi connectivity index (χ4n) is 1.73. The molecule has 1 unspecified atom stereocenters. The van der Waals surface area contributed by atoms with Gasteiger partial charge in [0.25, 0.3) is 5.91 Å². The molecule has 5 N–H and O–H groups in total. The van der Waals surface area contributed by atoms with E-state index >= 15 is 0 Å². The number of ether oxygens (including phenoxy) is 1. The highest BCUT2D eigenvalue weighted by Crippen LogP contribution is 2.35. The summed E-state index contributed by atoms with van der Waals surface area (Å²) in [7, 11) is 1.57. The quantitative estimate of drug-likeness (QED) is 0.784. The number of fused-ring (bicyclic) bond motifs is 1. The first-order chi connectivity index (χ1) is 9.43. The van der Waals surface area contributed by atoms with Crippen molar-refractivity contribution in [1.29, 1.82) is 0 Å². The molecule has 0 aliphatic heterocycles. The average molecular weight is 293 g/mol. The molecule has 0 bridgehead atoms. The number of rotatable bonds is 4. The third kappa shape index (κ3) is 2.53. The first-order valence-electron chi connectivity index (χ1n) is 5.90. The molecule has 2 rings (SSSR count). The van der Waals surface area contributed by atoms with Crippen LogP contribution in [0.4, 0.5) is 5.69 Å². The first-order valence-corrected chi connectivity index (χ1v) is 6.72. The highest BCUT2D eigenvalue weighted by atomic mass is 32.1. The Morgan fingerprint density at radius 3 is 2.70 bits per heavy atom. The monoisotopic (exact) mass is 293 g/mol. The molecule has 1 heterocycles. The van der Waals surface area contributed by atoms with E-state index in [9.17, 15) is 9.59 Å². The maximum Gasteiger partial charge on any atom is 0.264 e. The number of benzene rings is 1. The van der Waals surface area contributed by atoms with Gasteiger partial charge in [0.05, 0.1) is 12.8 Å². The lowest BCUT2D eigenvalue weighted by Gasteiger charge is -2.09. The molecule has 1 aromatic heterocycles. The van der Waals surface area contributed by atoms with Crippen molar-refractivity contribution in [1.82, 2.24) is 5.32 Å². The Kier molecular flexibility index (Phi) is 3.80. The zero-order valence-electron chi connectivity index (χ0n) is 11.1. The SMILES string of the molecule is COc1ccc2c(N)c(C(=O)NC(C)C(N)=O)sc2c1. The Morgan fingerprint density at radius 2 is 2.10 bits per heavy atom. The van der Waals surface area contributed by atoms with Crippen LogP contribution in [0, 0.1) is 0 Å². The third-order valence-corrected chi connectivity index (χ3v) is 4.08. The van der Waals surface area contributed by atoms with Gasteiger partial charge in [-0.2, -0.15) is 0 Å². The minimum absolute atomic E-state index is 0.362. The van der Waals surface area contributed by atoms with Crippen LogP contribution >= 0.6 is 11.3 Å². The smallest absolute Gasteiger partial charge is 0.264 e. The van der Waals surface area contributed by atoms with Crippen LogP contribution in [-0.2, 0) is 4.79 Å². The second-order valence-corrected chi connectivity index (χ2v) is 5.36. The number of nitrogens with two attached hydrogens (primary N) is 2. The Hall–Kier alpha value is -2.28. The van der Waals surface area contributed by atoms with Crippen molar-refractivity contribution in [3.8, 4) is 5.75 Å². The maximum atomic E-state index is 12.1. The Labute approximate surface area is 119 Å². The lowest BCUT2D eigenvalue weighted by atomic mass is 10.2. The van der Waals surface area contributed by atoms with E-state index in [-0.39, 0.29) is 0 Å². The number of thiophene rings is 1. The highest BCUT2D eigenvalue weighted by molar-refractivity contribution is 7.21. The predicted octanol–water partition coefficient (Wildman–Crippen LogP) is 1.10. The number of nitrogens with one attached hydrogen (secondary N) is 1. The number of nitrogen functional groups attached to an aromatic ring is 1. The van der Waals surface area contributed by atoms with Gasteiger partial charge in [-0.15, -0.1) is 11.3 Å². The molecule has 6 nitrogen and oxygen atoms in total. The van der Waals surface area contributed by atoms with E-state index in [0.717, 1.165) is 10.1 Å². The number of amides is 2. The van der Waals surface area contributed by atoms with Crippen molar-refractivity contribution in [2.24, 2.45) is 5.73 Å². The van der Waals surface area contributed by atoms with Crippen molar-refractivity contribution in [3.63, 3.8) is 0 Å². The summed E-state index contributed by atoms with van der Waals surface area (Å²) < 4.78 is 5.98. The predicted molar refractivity (Wildman–Crippen MR) is 78.9 cm³/mol. The molecule has 0 saturated carbocycles. The van der Waals surface area contributed by atoms with Crippen LogP contribution in [0.2, 0.25) is 0 Å². The van der Waals surface area contributed by atoms with Crippen molar-refractivity contribution in [2.75, 3.05) is 12.8 Å². The average Bonchev–Trinajstić information content (AvgIpc) is 2.75. The summed E-state index contributed by atoms with van der Waals surface area (Å²) in [6.07, 6.45) is 0. The number of primary amides is 1. The molecule has 2 amide bonds. The van der Waals surface area contributed by atoms with E-state index in [4.69, 9.17) is 16.2 Å². The van der Waals surface area contributed by atoms with Gasteiger partial charge in [-0.25, -0.2) is 0 Å². The zero-order valence-corrected chi connectivity index (χ0v) is 11.9. The maximum absolute atomic E-state index is 12.1. The van der Waals surface area contributed by atoms with Crippen LogP contribution in [0.25, 0.3) is 10.1 Å². The molecule has 106 valence electrons. The number of anilines is 1. The van der Waals surface area contributed by atoms with Crippen molar-refractivity contribution in [3.05, 3.63) is 23.1 Å². The molecule has 0 radical (unpaired) electrons. The molecule has 20 heavy (non-hydrogen) atoms. The lowest BCUT2D eigenvalue weighted by Crippen LogP contribution is -2.42. The molecular weight excluding hydrogens is 278 g/mol. The molecule has 0 aliphatic carbocycles. The minimum atomic E-state index is -0.748. The molecule has 1 atom stereocenters. The zero-order chi connectivity index (χ0) is 14.9. The number of hydrogen-bond acceptors (Lipinski definition) is 5. The van der Waals surface area contributed by atoms with Crippen LogP contribution in [-0.4, -0.2) is 25.0 Å². The molecule has 7 heteroatoms. The lowest BCUT2D eigenvalue weighted by molar-refractivity contribution is -0.119. The van der Waals surface area contributed by atoms with Gasteiger partial charge in [0.1, 0.15) is 16.7 Å². The Morgan fingerprint density at radius 1 is 1.40 bits per heavy atom. The topological polar surface area (TPSA) is 107 Å². The van der Waals surface area contributed by atoms with Crippen LogP contribution in [0.3, 0.4) is 0 Å². The summed E-state index contributed by atoms with van der Waals surface area (Å²) in [6.45, 7) is 1.52. The van der Waals surface area contributed by atoms with Crippen LogP contribution in [0.1, 0.15) is 16.6 Å². The Balaban J connectivity index is 2.37. The summed E-state index contributed by atoms with van der Waals surface area (Å²) in [5.41, 5.74) is 11.5. The second kappa shape index (κ2) is 5.38. The van der Waals surface area contributed by atoms with E-state index in [1.165, 1.54) is 18.3 Å². The normalized spacial score (nSPS) is 12.1. The number of carbonyl (C=O) groups is 2. The highest BCUT2D eigenvalue weighted by Gasteiger charge is 2.20. The first kappa shape index (κ1) is 14.1. The van der Waals surface area contributed by atoms with E-state index in [2.05, 4.69) is 5.32 Å². The third-order valence-electron chi connectivity index (χ3n) is 2.92. The van der Waals surface area contributed by atoms with Crippen molar-refractivity contribution < 1.29 is 14.3 Å². The second-order valence-electron chi connectivity index (χ2n) is 4.30. The summed E-state index contributed by atoms with van der Waals surface area (Å²) in [6, 6.07) is 4.64. The largest absolute Gasteiger partial charge is 0.497 e. The van der Waals surface area contributed by atoms with Gasteiger partial charge in [-0.3, -0.25) is 9.59 Å². The molecule has 1 aromatic carbocycles. The fourth-order valence-corrected chi connectivity index (χ4v) is 2.78. The molecule has 0 saturated heterocycles. The van der Waals surface area contributed by atoms with E-state index in [1.807, 2.05) is 6.07 Å². The molecule has 2 aromatic rings. The molecular formula is C13H15N3O3S. The van der Waals surface area contributed by atoms with Gasteiger partial charge in [0, 0.05) is 10.1 Å². The number of methoxy groups -OCH3 is 1. The fraction of sp³-hybridized carbons (Fsp3) is 0.231. The Bertz CT molecular complexity index is 681. The van der Waals surface area contributed by atoms with Crippen LogP contribution in [0.15, 0.2) is 18.2 Å². The van der Waals surface area contributed by atoms with E-state index < -0.39 is 17.9 Å². The number of hydrogen-bond donors (Lipinski definition) is 3. The molecule has 0 spiro atoms. The van der Waals surface area contributed by atoms with Gasteiger partial charge in [-0.05, 0) is 25.1 Å². The van der Waals surface area contributed by atoms with Gasteiger partial charge in [-0.1, -0.05) is 0 Å². The standard InChI is InChI=1S/C13H15N3O3S/c1-6(12(15)17)16-13(18)11-10(14)8-4-3-7(19-2)5-9(8)20-11/h3-6H,14H2,1-2H3,(H2,15,17)(H,16,18). The van der Waals surface area contributed by atoms with Gasteiger partial charge < -0.3 is 21.5 Å². The summed E-state index contributed by atoms with van der Waals surface area (Å²) in [5, 5.41) is 3.30.